The van der Waals surface area contributed by atoms with Gasteiger partial charge in [-0.3, -0.25) is 0 Å². The van der Waals surface area contributed by atoms with Gasteiger partial charge < -0.3 is 10.8 Å². The van der Waals surface area contributed by atoms with Gasteiger partial charge in [-0.05, 0) is 35.0 Å². The molecule has 2 atom stereocenters. The first-order valence-electron chi connectivity index (χ1n) is 3.67. The van der Waals surface area contributed by atoms with Gasteiger partial charge in [0.25, 0.3) is 0 Å². The first-order valence-corrected chi connectivity index (χ1v) is 4.46. The second-order valence-electron chi connectivity index (χ2n) is 2.65. The highest BCUT2D eigenvalue weighted by atomic mass is 79.9. The van der Waals surface area contributed by atoms with Crippen LogP contribution in [0.3, 0.4) is 0 Å². The Labute approximate surface area is 79.7 Å². The summed E-state index contributed by atoms with van der Waals surface area (Å²) in [5, 5.41) is 9.18. The van der Waals surface area contributed by atoms with E-state index < -0.39 is 12.1 Å². The Morgan fingerprint density at radius 1 is 1.58 bits per heavy atom. The maximum Gasteiger partial charge on any atom is 0.106 e. The molecule has 0 aliphatic heterocycles. The van der Waals surface area contributed by atoms with Gasteiger partial charge in [0, 0.05) is 0 Å². The third-order valence-corrected chi connectivity index (χ3v) is 2.04. The summed E-state index contributed by atoms with van der Waals surface area (Å²) in [4.78, 5) is 4.13. The summed E-state index contributed by atoms with van der Waals surface area (Å²) in [6.45, 7) is 1.65. The van der Waals surface area contributed by atoms with Crippen LogP contribution in [0.25, 0.3) is 0 Å². The lowest BCUT2D eigenvalue weighted by Crippen LogP contribution is -2.24. The minimum atomic E-state index is -0.577. The molecule has 0 aliphatic carbocycles. The molecule has 0 spiro atoms. The van der Waals surface area contributed by atoms with Crippen LogP contribution >= 0.6 is 15.9 Å². The van der Waals surface area contributed by atoms with E-state index in [-0.39, 0.29) is 0 Å². The van der Waals surface area contributed by atoms with Crippen LogP contribution in [0.2, 0.25) is 0 Å². The molecule has 4 heteroatoms. The predicted molar refractivity (Wildman–Crippen MR) is 50.5 cm³/mol. The van der Waals surface area contributed by atoms with Gasteiger partial charge in [-0.2, -0.15) is 0 Å². The van der Waals surface area contributed by atoms with E-state index in [2.05, 4.69) is 20.9 Å². The van der Waals surface area contributed by atoms with Crippen molar-refractivity contribution >= 4 is 15.9 Å². The average molecular weight is 231 g/mol. The Balaban J connectivity index is 2.88. The number of nitrogens with zero attached hydrogens (tertiary/aromatic N) is 1. The van der Waals surface area contributed by atoms with E-state index in [4.69, 9.17) is 5.73 Å². The number of hydrogen-bond acceptors (Lipinski definition) is 3. The lowest BCUT2D eigenvalue weighted by atomic mass is 10.1. The summed E-state index contributed by atoms with van der Waals surface area (Å²) in [7, 11) is 0. The third-order valence-electron chi connectivity index (χ3n) is 1.60. The maximum absolute atomic E-state index is 9.18. The van der Waals surface area contributed by atoms with E-state index in [0.717, 1.165) is 4.60 Å². The maximum atomic E-state index is 9.18. The molecule has 0 unspecified atom stereocenters. The van der Waals surface area contributed by atoms with Gasteiger partial charge in [-0.25, -0.2) is 4.98 Å². The summed E-state index contributed by atoms with van der Waals surface area (Å²) in [6.07, 6.45) is -0.577. The van der Waals surface area contributed by atoms with Crippen molar-refractivity contribution < 1.29 is 5.11 Å². The summed E-state index contributed by atoms with van der Waals surface area (Å²) in [5.74, 6) is 0. The van der Waals surface area contributed by atoms with Crippen LogP contribution < -0.4 is 5.73 Å². The molecular weight excluding hydrogens is 220 g/mol. The Morgan fingerprint density at radius 2 is 2.25 bits per heavy atom. The van der Waals surface area contributed by atoms with Gasteiger partial charge in [-0.1, -0.05) is 6.07 Å². The fraction of sp³-hybridized carbons (Fsp3) is 0.375. The van der Waals surface area contributed by atoms with Crippen LogP contribution in [0.4, 0.5) is 0 Å². The van der Waals surface area contributed by atoms with Crippen LogP contribution in [-0.4, -0.2) is 16.2 Å². The number of aromatic nitrogens is 1. The highest BCUT2D eigenvalue weighted by Crippen LogP contribution is 2.14. The monoisotopic (exact) mass is 230 g/mol. The summed E-state index contributed by atoms with van der Waals surface area (Å²) in [5.41, 5.74) is 6.37. The zero-order chi connectivity index (χ0) is 9.14. The largest absolute Gasteiger partial charge is 0.391 e. The van der Waals surface area contributed by atoms with Crippen molar-refractivity contribution in [1.82, 2.24) is 4.98 Å². The van der Waals surface area contributed by atoms with Gasteiger partial charge in [0.2, 0.25) is 0 Å². The molecule has 0 saturated heterocycles. The SMILES string of the molecule is C[C@@H](O)[C@H](N)c1cccc(Br)n1. The Morgan fingerprint density at radius 3 is 2.75 bits per heavy atom. The van der Waals surface area contributed by atoms with Gasteiger partial charge in [0.15, 0.2) is 0 Å². The van der Waals surface area contributed by atoms with Crippen molar-refractivity contribution in [3.63, 3.8) is 0 Å². The van der Waals surface area contributed by atoms with E-state index in [1.54, 1.807) is 13.0 Å². The van der Waals surface area contributed by atoms with Crippen LogP contribution in [0.1, 0.15) is 18.7 Å². The highest BCUT2D eigenvalue weighted by Gasteiger charge is 2.12. The van der Waals surface area contributed by atoms with Gasteiger partial charge >= 0.3 is 0 Å². The molecule has 0 amide bonds. The van der Waals surface area contributed by atoms with Crippen molar-refractivity contribution in [2.75, 3.05) is 0 Å². The molecule has 1 aromatic heterocycles. The number of pyridine rings is 1. The van der Waals surface area contributed by atoms with E-state index in [0.29, 0.717) is 5.69 Å². The van der Waals surface area contributed by atoms with Crippen molar-refractivity contribution in [1.29, 1.82) is 0 Å². The molecule has 66 valence electrons. The highest BCUT2D eigenvalue weighted by molar-refractivity contribution is 9.10. The average Bonchev–Trinajstić information content (AvgIpc) is 2.03. The molecule has 0 aromatic carbocycles. The molecule has 0 aliphatic rings. The van der Waals surface area contributed by atoms with E-state index >= 15 is 0 Å². The molecule has 12 heavy (non-hydrogen) atoms. The van der Waals surface area contributed by atoms with Crippen molar-refractivity contribution in [2.45, 2.75) is 19.1 Å². The number of nitrogens with two attached hydrogens (primary N) is 1. The van der Waals surface area contributed by atoms with Crippen LogP contribution in [-0.2, 0) is 0 Å². The number of aliphatic hydroxyl groups is 1. The van der Waals surface area contributed by atoms with E-state index in [1.165, 1.54) is 0 Å². The minimum Gasteiger partial charge on any atom is -0.391 e. The smallest absolute Gasteiger partial charge is 0.106 e. The first kappa shape index (κ1) is 9.64. The van der Waals surface area contributed by atoms with Gasteiger partial charge in [0.05, 0.1) is 17.8 Å². The summed E-state index contributed by atoms with van der Waals surface area (Å²) < 4.78 is 0.733. The second kappa shape index (κ2) is 3.98. The summed E-state index contributed by atoms with van der Waals surface area (Å²) >= 11 is 3.23. The van der Waals surface area contributed by atoms with E-state index in [9.17, 15) is 5.11 Å². The standard InChI is InChI=1S/C8H11BrN2O/c1-5(12)8(10)6-3-2-4-7(9)11-6/h2-5,8,12H,10H2,1H3/t5-,8+/m1/s1. The quantitative estimate of drug-likeness (QED) is 0.752. The fourth-order valence-electron chi connectivity index (χ4n) is 0.857. The number of hydrogen-bond donors (Lipinski definition) is 2. The fourth-order valence-corrected chi connectivity index (χ4v) is 1.21. The van der Waals surface area contributed by atoms with Crippen molar-refractivity contribution in [2.24, 2.45) is 5.73 Å². The predicted octanol–water partition coefficient (Wildman–Crippen LogP) is 1.22. The Bertz CT molecular complexity index is 265. The number of aliphatic hydroxyl groups excluding tert-OH is 1. The van der Waals surface area contributed by atoms with Crippen LogP contribution in [0, 0.1) is 0 Å². The molecule has 1 rings (SSSR count). The molecule has 1 heterocycles. The number of rotatable bonds is 2. The molecule has 0 radical (unpaired) electrons. The zero-order valence-electron chi connectivity index (χ0n) is 6.74. The Kier molecular flexibility index (Phi) is 3.20. The molecule has 0 saturated carbocycles. The van der Waals surface area contributed by atoms with Crippen molar-refractivity contribution in [3.8, 4) is 0 Å². The molecule has 1 aromatic rings. The second-order valence-corrected chi connectivity index (χ2v) is 3.46. The molecule has 3 nitrogen and oxygen atoms in total. The topological polar surface area (TPSA) is 59.1 Å². The lowest BCUT2D eigenvalue weighted by molar-refractivity contribution is 0.162. The third kappa shape index (κ3) is 2.27. The van der Waals surface area contributed by atoms with E-state index in [1.807, 2.05) is 12.1 Å². The summed E-state index contributed by atoms with van der Waals surface area (Å²) in [6, 6.07) is 5.04. The lowest BCUT2D eigenvalue weighted by Gasteiger charge is -2.13. The normalized spacial score (nSPS) is 15.7. The van der Waals surface area contributed by atoms with Gasteiger partial charge in [-0.15, -0.1) is 0 Å². The van der Waals surface area contributed by atoms with Crippen molar-refractivity contribution in [3.05, 3.63) is 28.5 Å². The number of halogens is 1. The van der Waals surface area contributed by atoms with Crippen LogP contribution in [0.5, 0.6) is 0 Å². The molecular formula is C8H11BrN2O. The zero-order valence-corrected chi connectivity index (χ0v) is 8.32. The first-order chi connectivity index (χ1) is 5.61. The minimum absolute atomic E-state index is 0.414. The Hall–Kier alpha value is -0.450. The molecule has 0 bridgehead atoms. The van der Waals surface area contributed by atoms with Crippen LogP contribution in [0.15, 0.2) is 22.8 Å². The molecule has 0 fully saturated rings. The molecule has 3 N–H and O–H groups in total. The van der Waals surface area contributed by atoms with Gasteiger partial charge in [0.1, 0.15) is 4.60 Å².